The van der Waals surface area contributed by atoms with Crippen LogP contribution < -0.4 is 10.6 Å². The van der Waals surface area contributed by atoms with Crippen molar-refractivity contribution in [1.82, 2.24) is 10.6 Å². The zero-order valence-electron chi connectivity index (χ0n) is 8.68. The van der Waals surface area contributed by atoms with Crippen molar-refractivity contribution in [3.8, 4) is 0 Å². The standard InChI is InChI=1S/C11H22N2/c1-2-12-11-7-8-13-10-6-4-3-5-9(10)11/h9-13H,2-8H2,1H3/t9-,10-,11-/m1/s1. The topological polar surface area (TPSA) is 24.1 Å². The fourth-order valence-corrected chi connectivity index (χ4v) is 3.05. The summed E-state index contributed by atoms with van der Waals surface area (Å²) in [6.07, 6.45) is 7.06. The summed E-state index contributed by atoms with van der Waals surface area (Å²) in [5.41, 5.74) is 0. The molecule has 1 aliphatic carbocycles. The average Bonchev–Trinajstić information content (AvgIpc) is 2.19. The first-order valence-corrected chi connectivity index (χ1v) is 5.88. The highest BCUT2D eigenvalue weighted by molar-refractivity contribution is 4.92. The van der Waals surface area contributed by atoms with Crippen molar-refractivity contribution in [2.45, 2.75) is 51.1 Å². The van der Waals surface area contributed by atoms with E-state index in [1.165, 1.54) is 38.6 Å². The second-order valence-electron chi connectivity index (χ2n) is 4.46. The molecule has 2 nitrogen and oxygen atoms in total. The van der Waals surface area contributed by atoms with Crippen LogP contribution in [0.25, 0.3) is 0 Å². The first kappa shape index (κ1) is 9.47. The van der Waals surface area contributed by atoms with Gasteiger partial charge in [0.05, 0.1) is 0 Å². The van der Waals surface area contributed by atoms with Crippen LogP contribution in [-0.4, -0.2) is 25.2 Å². The number of rotatable bonds is 2. The van der Waals surface area contributed by atoms with E-state index in [0.29, 0.717) is 0 Å². The molecule has 0 bridgehead atoms. The summed E-state index contributed by atoms with van der Waals surface area (Å²) in [7, 11) is 0. The molecule has 1 aliphatic heterocycles. The van der Waals surface area contributed by atoms with Gasteiger partial charge < -0.3 is 10.6 Å². The van der Waals surface area contributed by atoms with E-state index in [-0.39, 0.29) is 0 Å². The largest absolute Gasteiger partial charge is 0.314 e. The molecular weight excluding hydrogens is 160 g/mol. The minimum atomic E-state index is 0.802. The smallest absolute Gasteiger partial charge is 0.0122 e. The summed E-state index contributed by atoms with van der Waals surface area (Å²) in [5.74, 6) is 0.919. The molecule has 3 atom stereocenters. The lowest BCUT2D eigenvalue weighted by Crippen LogP contribution is -2.54. The molecule has 0 unspecified atom stereocenters. The number of nitrogens with one attached hydrogen (secondary N) is 2. The van der Waals surface area contributed by atoms with Crippen molar-refractivity contribution >= 4 is 0 Å². The van der Waals surface area contributed by atoms with E-state index in [4.69, 9.17) is 0 Å². The third kappa shape index (κ3) is 2.05. The Labute approximate surface area is 81.5 Å². The Bertz CT molecular complexity index is 154. The molecule has 0 spiro atoms. The average molecular weight is 182 g/mol. The van der Waals surface area contributed by atoms with Crippen molar-refractivity contribution in [2.24, 2.45) is 5.92 Å². The zero-order valence-corrected chi connectivity index (χ0v) is 8.68. The van der Waals surface area contributed by atoms with Crippen LogP contribution in [0.3, 0.4) is 0 Å². The minimum Gasteiger partial charge on any atom is -0.314 e. The summed E-state index contributed by atoms with van der Waals surface area (Å²) in [4.78, 5) is 0. The predicted octanol–water partition coefficient (Wildman–Crippen LogP) is 1.52. The lowest BCUT2D eigenvalue weighted by Gasteiger charge is -2.42. The first-order valence-electron chi connectivity index (χ1n) is 5.88. The Kier molecular flexibility index (Phi) is 3.23. The lowest BCUT2D eigenvalue weighted by atomic mass is 9.76. The maximum absolute atomic E-state index is 3.67. The normalized spacial score (nSPS) is 39.9. The Morgan fingerprint density at radius 3 is 2.92 bits per heavy atom. The van der Waals surface area contributed by atoms with Crippen LogP contribution in [0, 0.1) is 5.92 Å². The van der Waals surface area contributed by atoms with Crippen LogP contribution in [0.5, 0.6) is 0 Å². The molecule has 2 fully saturated rings. The molecule has 1 saturated heterocycles. The van der Waals surface area contributed by atoms with Gasteiger partial charge in [-0.1, -0.05) is 19.8 Å². The third-order valence-corrected chi connectivity index (χ3v) is 3.66. The summed E-state index contributed by atoms with van der Waals surface area (Å²) < 4.78 is 0. The van der Waals surface area contributed by atoms with Crippen LogP contribution in [0.4, 0.5) is 0 Å². The van der Waals surface area contributed by atoms with Crippen LogP contribution in [0.2, 0.25) is 0 Å². The van der Waals surface area contributed by atoms with Crippen LogP contribution in [0.1, 0.15) is 39.0 Å². The maximum Gasteiger partial charge on any atom is 0.0122 e. The SMILES string of the molecule is CCN[C@@H]1CCN[C@@H]2CCCC[C@@H]12. The lowest BCUT2D eigenvalue weighted by molar-refractivity contribution is 0.163. The number of hydrogen-bond donors (Lipinski definition) is 2. The van der Waals surface area contributed by atoms with Gasteiger partial charge in [0.1, 0.15) is 0 Å². The number of hydrogen-bond acceptors (Lipinski definition) is 2. The molecule has 0 aromatic rings. The molecule has 2 heteroatoms. The van der Waals surface area contributed by atoms with Crippen molar-refractivity contribution in [3.05, 3.63) is 0 Å². The van der Waals surface area contributed by atoms with Crippen LogP contribution in [0.15, 0.2) is 0 Å². The van der Waals surface area contributed by atoms with Gasteiger partial charge in [0.2, 0.25) is 0 Å². The van der Waals surface area contributed by atoms with Gasteiger partial charge in [-0.3, -0.25) is 0 Å². The monoisotopic (exact) mass is 182 g/mol. The fraction of sp³-hybridized carbons (Fsp3) is 1.00. The van der Waals surface area contributed by atoms with Gasteiger partial charge in [-0.05, 0) is 38.3 Å². The third-order valence-electron chi connectivity index (χ3n) is 3.66. The molecule has 2 rings (SSSR count). The van der Waals surface area contributed by atoms with E-state index in [9.17, 15) is 0 Å². The molecule has 0 aromatic carbocycles. The second kappa shape index (κ2) is 4.43. The Morgan fingerprint density at radius 2 is 2.08 bits per heavy atom. The van der Waals surface area contributed by atoms with Gasteiger partial charge in [-0.25, -0.2) is 0 Å². The van der Waals surface area contributed by atoms with Crippen molar-refractivity contribution in [2.75, 3.05) is 13.1 Å². The quantitative estimate of drug-likeness (QED) is 0.676. The molecular formula is C11H22N2. The molecule has 76 valence electrons. The molecule has 0 amide bonds. The van der Waals surface area contributed by atoms with E-state index in [1.54, 1.807) is 0 Å². The predicted molar refractivity (Wildman–Crippen MR) is 55.8 cm³/mol. The molecule has 2 aliphatic rings. The van der Waals surface area contributed by atoms with E-state index in [1.807, 2.05) is 0 Å². The second-order valence-corrected chi connectivity index (χ2v) is 4.46. The van der Waals surface area contributed by atoms with E-state index < -0.39 is 0 Å². The highest BCUT2D eigenvalue weighted by Crippen LogP contribution is 2.30. The molecule has 2 N–H and O–H groups in total. The van der Waals surface area contributed by atoms with Gasteiger partial charge in [0.15, 0.2) is 0 Å². The van der Waals surface area contributed by atoms with Crippen LogP contribution >= 0.6 is 0 Å². The van der Waals surface area contributed by atoms with E-state index >= 15 is 0 Å². The molecule has 1 saturated carbocycles. The number of fused-ring (bicyclic) bond motifs is 1. The van der Waals surface area contributed by atoms with Gasteiger partial charge >= 0.3 is 0 Å². The molecule has 1 heterocycles. The van der Waals surface area contributed by atoms with Gasteiger partial charge in [0, 0.05) is 12.1 Å². The van der Waals surface area contributed by atoms with Crippen LogP contribution in [-0.2, 0) is 0 Å². The minimum absolute atomic E-state index is 0.802. The van der Waals surface area contributed by atoms with E-state index in [2.05, 4.69) is 17.6 Å². The summed E-state index contributed by atoms with van der Waals surface area (Å²) in [5, 5.41) is 7.31. The highest BCUT2D eigenvalue weighted by Gasteiger charge is 2.33. The Morgan fingerprint density at radius 1 is 1.23 bits per heavy atom. The molecule has 0 radical (unpaired) electrons. The van der Waals surface area contributed by atoms with Gasteiger partial charge in [0.25, 0.3) is 0 Å². The number of piperidine rings is 1. The fourth-order valence-electron chi connectivity index (χ4n) is 3.05. The molecule has 0 aromatic heterocycles. The van der Waals surface area contributed by atoms with Crippen molar-refractivity contribution < 1.29 is 0 Å². The molecule has 13 heavy (non-hydrogen) atoms. The van der Waals surface area contributed by atoms with E-state index in [0.717, 1.165) is 24.5 Å². The van der Waals surface area contributed by atoms with Gasteiger partial charge in [-0.15, -0.1) is 0 Å². The van der Waals surface area contributed by atoms with Gasteiger partial charge in [-0.2, -0.15) is 0 Å². The summed E-state index contributed by atoms with van der Waals surface area (Å²) >= 11 is 0. The maximum atomic E-state index is 3.67. The first-order chi connectivity index (χ1) is 6.42. The Hall–Kier alpha value is -0.0800. The Balaban J connectivity index is 1.94. The van der Waals surface area contributed by atoms with Crippen molar-refractivity contribution in [1.29, 1.82) is 0 Å². The highest BCUT2D eigenvalue weighted by atomic mass is 15.0. The van der Waals surface area contributed by atoms with Crippen molar-refractivity contribution in [3.63, 3.8) is 0 Å². The summed E-state index contributed by atoms with van der Waals surface area (Å²) in [6, 6.07) is 1.63. The zero-order chi connectivity index (χ0) is 9.10. The summed E-state index contributed by atoms with van der Waals surface area (Å²) in [6.45, 7) is 4.58.